The van der Waals surface area contributed by atoms with Gasteiger partial charge in [0.15, 0.2) is 15.7 Å². The SMILES string of the molecule is COCCNc1n[nH]c(-c2cccc(S(C)(=O)=O)c2)n1. The van der Waals surface area contributed by atoms with Crippen molar-refractivity contribution in [2.45, 2.75) is 4.90 Å². The van der Waals surface area contributed by atoms with Gasteiger partial charge in [0.25, 0.3) is 0 Å². The van der Waals surface area contributed by atoms with Crippen LogP contribution >= 0.6 is 0 Å². The molecule has 20 heavy (non-hydrogen) atoms. The maximum atomic E-state index is 11.5. The topological polar surface area (TPSA) is 97.0 Å². The molecule has 0 saturated heterocycles. The molecule has 1 aromatic heterocycles. The Morgan fingerprint density at radius 3 is 2.90 bits per heavy atom. The number of H-pyrrole nitrogens is 1. The van der Waals surface area contributed by atoms with E-state index in [9.17, 15) is 8.42 Å². The van der Waals surface area contributed by atoms with E-state index < -0.39 is 9.84 Å². The van der Waals surface area contributed by atoms with Crippen molar-refractivity contribution in [3.8, 4) is 11.4 Å². The first kappa shape index (κ1) is 14.5. The number of nitrogens with one attached hydrogen (secondary N) is 2. The number of aromatic nitrogens is 3. The van der Waals surface area contributed by atoms with E-state index in [2.05, 4.69) is 20.5 Å². The summed E-state index contributed by atoms with van der Waals surface area (Å²) >= 11 is 0. The lowest BCUT2D eigenvalue weighted by atomic mass is 10.2. The lowest BCUT2D eigenvalue weighted by Gasteiger charge is -2.01. The van der Waals surface area contributed by atoms with Crippen LogP contribution in [-0.2, 0) is 14.6 Å². The van der Waals surface area contributed by atoms with Gasteiger partial charge >= 0.3 is 0 Å². The summed E-state index contributed by atoms with van der Waals surface area (Å²) in [5.41, 5.74) is 0.667. The maximum Gasteiger partial charge on any atom is 0.242 e. The first-order valence-electron chi connectivity index (χ1n) is 5.96. The van der Waals surface area contributed by atoms with Crippen LogP contribution in [0.25, 0.3) is 11.4 Å². The molecular formula is C12H16N4O3S. The third-order valence-electron chi connectivity index (χ3n) is 2.61. The van der Waals surface area contributed by atoms with Crippen molar-refractivity contribution in [2.75, 3.05) is 31.8 Å². The molecule has 2 aromatic rings. The smallest absolute Gasteiger partial charge is 0.242 e. The number of nitrogens with zero attached hydrogens (tertiary/aromatic N) is 2. The second kappa shape index (κ2) is 6.02. The van der Waals surface area contributed by atoms with Crippen LogP contribution in [0.1, 0.15) is 0 Å². The van der Waals surface area contributed by atoms with Gasteiger partial charge in [-0.1, -0.05) is 12.1 Å². The predicted octanol–water partition coefficient (Wildman–Crippen LogP) is 0.933. The van der Waals surface area contributed by atoms with Crippen LogP contribution in [0.5, 0.6) is 0 Å². The molecule has 0 spiro atoms. The molecule has 1 heterocycles. The number of aromatic amines is 1. The minimum absolute atomic E-state index is 0.250. The monoisotopic (exact) mass is 296 g/mol. The van der Waals surface area contributed by atoms with Crippen LogP contribution in [0.3, 0.4) is 0 Å². The summed E-state index contributed by atoms with van der Waals surface area (Å²) in [6, 6.07) is 6.56. The van der Waals surface area contributed by atoms with Crippen molar-refractivity contribution in [3.63, 3.8) is 0 Å². The van der Waals surface area contributed by atoms with Gasteiger partial charge in [-0.15, -0.1) is 5.10 Å². The Hall–Kier alpha value is -1.93. The summed E-state index contributed by atoms with van der Waals surface area (Å²) in [5.74, 6) is 0.956. The number of rotatable bonds is 6. The van der Waals surface area contributed by atoms with Gasteiger partial charge in [0, 0.05) is 25.5 Å². The molecule has 1 aromatic carbocycles. The second-order valence-electron chi connectivity index (χ2n) is 4.23. The van der Waals surface area contributed by atoms with E-state index in [1.165, 1.54) is 6.26 Å². The van der Waals surface area contributed by atoms with E-state index in [-0.39, 0.29) is 4.90 Å². The average Bonchev–Trinajstić information content (AvgIpc) is 2.87. The van der Waals surface area contributed by atoms with Gasteiger partial charge in [0.05, 0.1) is 11.5 Å². The number of methoxy groups -OCH3 is 1. The summed E-state index contributed by atoms with van der Waals surface area (Å²) < 4.78 is 28.0. The highest BCUT2D eigenvalue weighted by Gasteiger charge is 2.10. The van der Waals surface area contributed by atoms with Gasteiger partial charge < -0.3 is 10.1 Å². The third kappa shape index (κ3) is 3.55. The summed E-state index contributed by atoms with van der Waals surface area (Å²) in [7, 11) is -1.63. The van der Waals surface area contributed by atoms with Gasteiger partial charge in [0.1, 0.15) is 0 Å². The minimum atomic E-state index is -3.24. The Morgan fingerprint density at radius 1 is 1.40 bits per heavy atom. The van der Waals surface area contributed by atoms with E-state index in [0.29, 0.717) is 30.5 Å². The highest BCUT2D eigenvalue weighted by molar-refractivity contribution is 7.90. The summed E-state index contributed by atoms with van der Waals surface area (Å²) in [6.07, 6.45) is 1.17. The zero-order valence-electron chi connectivity index (χ0n) is 11.3. The Labute approximate surface area is 117 Å². The van der Waals surface area contributed by atoms with Gasteiger partial charge in [-0.05, 0) is 12.1 Å². The van der Waals surface area contributed by atoms with E-state index >= 15 is 0 Å². The Kier molecular flexibility index (Phi) is 4.35. The molecule has 0 unspecified atom stereocenters. The highest BCUT2D eigenvalue weighted by atomic mass is 32.2. The van der Waals surface area contributed by atoms with E-state index in [4.69, 9.17) is 4.74 Å². The van der Waals surface area contributed by atoms with E-state index in [1.807, 2.05) is 0 Å². The molecule has 0 fully saturated rings. The van der Waals surface area contributed by atoms with Gasteiger partial charge in [-0.2, -0.15) is 4.98 Å². The molecule has 0 aliphatic carbocycles. The Balaban J connectivity index is 2.20. The Morgan fingerprint density at radius 2 is 2.20 bits per heavy atom. The second-order valence-corrected chi connectivity index (χ2v) is 6.24. The minimum Gasteiger partial charge on any atom is -0.383 e. The van der Waals surface area contributed by atoms with Crippen LogP contribution < -0.4 is 5.32 Å². The van der Waals surface area contributed by atoms with Crippen LogP contribution in [0.2, 0.25) is 0 Å². The molecule has 2 rings (SSSR count). The van der Waals surface area contributed by atoms with Gasteiger partial charge in [-0.3, -0.25) is 5.10 Å². The summed E-state index contributed by atoms with van der Waals surface area (Å²) in [5, 5.41) is 9.76. The number of anilines is 1. The lowest BCUT2D eigenvalue weighted by Crippen LogP contribution is -2.08. The highest BCUT2D eigenvalue weighted by Crippen LogP contribution is 2.19. The predicted molar refractivity (Wildman–Crippen MR) is 75.3 cm³/mol. The van der Waals surface area contributed by atoms with Gasteiger partial charge in [-0.25, -0.2) is 8.42 Å². The van der Waals surface area contributed by atoms with Gasteiger partial charge in [0.2, 0.25) is 5.95 Å². The zero-order chi connectivity index (χ0) is 14.6. The van der Waals surface area contributed by atoms with Crippen molar-refractivity contribution in [1.82, 2.24) is 15.2 Å². The lowest BCUT2D eigenvalue weighted by molar-refractivity contribution is 0.210. The van der Waals surface area contributed by atoms with Crippen LogP contribution in [0.15, 0.2) is 29.2 Å². The quantitative estimate of drug-likeness (QED) is 0.770. The standard InChI is InChI=1S/C12H16N4O3S/c1-19-7-6-13-12-14-11(15-16-12)9-4-3-5-10(8-9)20(2,17)18/h3-5,8H,6-7H2,1-2H3,(H2,13,14,15,16). The summed E-state index contributed by atoms with van der Waals surface area (Å²) in [6.45, 7) is 1.14. The van der Waals surface area contributed by atoms with Crippen molar-refractivity contribution in [1.29, 1.82) is 0 Å². The zero-order valence-corrected chi connectivity index (χ0v) is 12.1. The van der Waals surface area contributed by atoms with E-state index in [0.717, 1.165) is 0 Å². The van der Waals surface area contributed by atoms with Crippen molar-refractivity contribution >= 4 is 15.8 Å². The number of ether oxygens (including phenoxy) is 1. The molecular weight excluding hydrogens is 280 g/mol. The van der Waals surface area contributed by atoms with Crippen LogP contribution in [0.4, 0.5) is 5.95 Å². The fraction of sp³-hybridized carbons (Fsp3) is 0.333. The molecule has 0 atom stereocenters. The molecule has 2 N–H and O–H groups in total. The average molecular weight is 296 g/mol. The number of hydrogen-bond acceptors (Lipinski definition) is 6. The largest absolute Gasteiger partial charge is 0.383 e. The molecule has 0 aliphatic rings. The summed E-state index contributed by atoms with van der Waals surface area (Å²) in [4.78, 5) is 4.50. The Bertz CT molecular complexity index is 682. The molecule has 0 amide bonds. The fourth-order valence-corrected chi connectivity index (χ4v) is 2.28. The van der Waals surface area contributed by atoms with Crippen molar-refractivity contribution < 1.29 is 13.2 Å². The number of benzene rings is 1. The molecule has 0 radical (unpaired) electrons. The molecule has 0 saturated carbocycles. The molecule has 7 nitrogen and oxygen atoms in total. The molecule has 8 heteroatoms. The normalized spacial score (nSPS) is 11.5. The van der Waals surface area contributed by atoms with E-state index in [1.54, 1.807) is 31.4 Å². The molecule has 108 valence electrons. The van der Waals surface area contributed by atoms with Crippen LogP contribution in [-0.4, -0.2) is 50.1 Å². The van der Waals surface area contributed by atoms with Crippen molar-refractivity contribution in [3.05, 3.63) is 24.3 Å². The maximum absolute atomic E-state index is 11.5. The third-order valence-corrected chi connectivity index (χ3v) is 3.72. The molecule has 0 aliphatic heterocycles. The molecule has 0 bridgehead atoms. The first-order chi connectivity index (χ1) is 9.50. The fourth-order valence-electron chi connectivity index (χ4n) is 1.61. The number of sulfone groups is 1. The first-order valence-corrected chi connectivity index (χ1v) is 7.85. The van der Waals surface area contributed by atoms with Crippen LogP contribution in [0, 0.1) is 0 Å². The number of hydrogen-bond donors (Lipinski definition) is 2. The van der Waals surface area contributed by atoms with Crippen molar-refractivity contribution in [2.24, 2.45) is 0 Å².